The Kier molecular flexibility index (Phi) is 2.91. The summed E-state index contributed by atoms with van der Waals surface area (Å²) < 4.78 is 7.31. The maximum atomic E-state index is 12.2. The molecule has 1 N–H and O–H groups in total. The van der Waals surface area contributed by atoms with E-state index in [1.807, 2.05) is 24.3 Å². The van der Waals surface area contributed by atoms with Gasteiger partial charge in [0.2, 0.25) is 0 Å². The van der Waals surface area contributed by atoms with E-state index in [1.54, 1.807) is 11.7 Å². The van der Waals surface area contributed by atoms with Gasteiger partial charge in [-0.25, -0.2) is 4.98 Å². The Hall–Kier alpha value is -2.37. The Morgan fingerprint density at radius 2 is 2.37 bits per heavy atom. The molecule has 6 nitrogen and oxygen atoms in total. The summed E-state index contributed by atoms with van der Waals surface area (Å²) in [7, 11) is 1.77. The molecule has 3 rings (SSSR count). The van der Waals surface area contributed by atoms with Gasteiger partial charge in [0.05, 0.1) is 18.7 Å². The molecule has 2 aromatic rings. The molecule has 0 radical (unpaired) electrons. The van der Waals surface area contributed by atoms with Crippen LogP contribution in [0.1, 0.15) is 5.82 Å². The van der Waals surface area contributed by atoms with Crippen molar-refractivity contribution >= 4 is 11.5 Å². The molecular weight excluding hydrogens is 244 g/mol. The van der Waals surface area contributed by atoms with E-state index >= 15 is 0 Å². The van der Waals surface area contributed by atoms with Crippen molar-refractivity contribution in [1.29, 1.82) is 0 Å². The predicted octanol–water partition coefficient (Wildman–Crippen LogP) is 0.800. The quantitative estimate of drug-likeness (QED) is 0.882. The fraction of sp³-hybridized carbons (Fsp3) is 0.308. The number of rotatable bonds is 3. The average molecular weight is 258 g/mol. The van der Waals surface area contributed by atoms with E-state index in [0.717, 1.165) is 5.69 Å². The van der Waals surface area contributed by atoms with Crippen LogP contribution in [0.15, 0.2) is 30.6 Å². The number of anilines is 1. The van der Waals surface area contributed by atoms with Gasteiger partial charge in [-0.05, 0) is 12.1 Å². The summed E-state index contributed by atoms with van der Waals surface area (Å²) in [4.78, 5) is 16.2. The van der Waals surface area contributed by atoms with Crippen molar-refractivity contribution < 1.29 is 9.53 Å². The number of nitrogens with one attached hydrogen (secondary N) is 1. The zero-order chi connectivity index (χ0) is 13.2. The van der Waals surface area contributed by atoms with Crippen molar-refractivity contribution in [2.75, 3.05) is 11.9 Å². The van der Waals surface area contributed by atoms with Gasteiger partial charge in [0.25, 0.3) is 0 Å². The van der Waals surface area contributed by atoms with Crippen molar-refractivity contribution in [3.05, 3.63) is 36.4 Å². The normalized spacial score (nSPS) is 17.2. The second-order valence-electron chi connectivity index (χ2n) is 4.43. The first-order chi connectivity index (χ1) is 9.24. The number of aryl methyl sites for hydroxylation is 1. The topological polar surface area (TPSA) is 69.0 Å². The fourth-order valence-electron chi connectivity index (χ4n) is 2.04. The minimum atomic E-state index is -0.480. The third-order valence-corrected chi connectivity index (χ3v) is 3.13. The van der Waals surface area contributed by atoms with E-state index in [0.29, 0.717) is 18.1 Å². The fourth-order valence-corrected chi connectivity index (χ4v) is 2.04. The number of benzene rings is 1. The number of hydrogen-bond donors (Lipinski definition) is 1. The number of carbonyl (C=O) groups excluding carboxylic acids is 1. The Balaban J connectivity index is 1.71. The molecule has 0 aliphatic carbocycles. The predicted molar refractivity (Wildman–Crippen MR) is 69.1 cm³/mol. The van der Waals surface area contributed by atoms with Gasteiger partial charge in [-0.15, -0.1) is 0 Å². The highest BCUT2D eigenvalue weighted by Crippen LogP contribution is 2.28. The standard InChI is InChI=1S/C13H14N4O2/c1-17-13(15-8-16-17)6-10(18)12-7-14-9-4-2-3-5-11(9)19-12/h2-5,8,12,14H,6-7H2,1H3. The molecule has 1 aromatic heterocycles. The highest BCUT2D eigenvalue weighted by molar-refractivity contribution is 5.86. The number of nitrogens with zero attached hydrogens (tertiary/aromatic N) is 3. The monoisotopic (exact) mass is 258 g/mol. The highest BCUT2D eigenvalue weighted by Gasteiger charge is 2.26. The lowest BCUT2D eigenvalue weighted by molar-refractivity contribution is -0.124. The van der Waals surface area contributed by atoms with Crippen molar-refractivity contribution in [2.24, 2.45) is 7.05 Å². The first-order valence-corrected chi connectivity index (χ1v) is 6.09. The van der Waals surface area contributed by atoms with Crippen molar-refractivity contribution in [3.8, 4) is 5.75 Å². The van der Waals surface area contributed by atoms with Crippen molar-refractivity contribution in [1.82, 2.24) is 14.8 Å². The Morgan fingerprint density at radius 1 is 1.53 bits per heavy atom. The molecular formula is C13H14N4O2. The molecule has 6 heteroatoms. The Bertz CT molecular complexity index is 608. The van der Waals surface area contributed by atoms with E-state index < -0.39 is 6.10 Å². The van der Waals surface area contributed by atoms with Crippen LogP contribution in [-0.2, 0) is 18.3 Å². The number of carbonyl (C=O) groups is 1. The van der Waals surface area contributed by atoms with Crippen LogP contribution in [0.2, 0.25) is 0 Å². The van der Waals surface area contributed by atoms with Gasteiger partial charge < -0.3 is 10.1 Å². The molecule has 1 unspecified atom stereocenters. The van der Waals surface area contributed by atoms with Crippen LogP contribution in [0, 0.1) is 0 Å². The molecule has 2 heterocycles. The van der Waals surface area contributed by atoms with Crippen LogP contribution < -0.4 is 10.1 Å². The third-order valence-electron chi connectivity index (χ3n) is 3.13. The van der Waals surface area contributed by atoms with Gasteiger partial charge >= 0.3 is 0 Å². The lowest BCUT2D eigenvalue weighted by Crippen LogP contribution is -2.39. The van der Waals surface area contributed by atoms with Crippen LogP contribution in [0.3, 0.4) is 0 Å². The molecule has 19 heavy (non-hydrogen) atoms. The molecule has 1 aliphatic rings. The maximum Gasteiger partial charge on any atom is 0.182 e. The second-order valence-corrected chi connectivity index (χ2v) is 4.43. The third kappa shape index (κ3) is 2.29. The minimum absolute atomic E-state index is 0.00176. The zero-order valence-corrected chi connectivity index (χ0v) is 10.5. The van der Waals surface area contributed by atoms with Crippen LogP contribution in [0.4, 0.5) is 5.69 Å². The van der Waals surface area contributed by atoms with Gasteiger partial charge in [-0.2, -0.15) is 5.10 Å². The summed E-state index contributed by atoms with van der Waals surface area (Å²) in [6, 6.07) is 7.59. The van der Waals surface area contributed by atoms with Gasteiger partial charge in [0.1, 0.15) is 17.9 Å². The smallest absolute Gasteiger partial charge is 0.182 e. The number of aromatic nitrogens is 3. The summed E-state index contributed by atoms with van der Waals surface area (Å²) in [5.41, 5.74) is 0.921. The molecule has 1 aliphatic heterocycles. The number of fused-ring (bicyclic) bond motifs is 1. The lowest BCUT2D eigenvalue weighted by atomic mass is 10.1. The minimum Gasteiger partial charge on any atom is -0.479 e. The summed E-state index contributed by atoms with van der Waals surface area (Å²) in [5.74, 6) is 1.36. The number of para-hydroxylation sites is 2. The molecule has 1 atom stereocenters. The number of ketones is 1. The molecule has 98 valence electrons. The van der Waals surface area contributed by atoms with Crippen LogP contribution >= 0.6 is 0 Å². The molecule has 0 spiro atoms. The van der Waals surface area contributed by atoms with E-state index in [9.17, 15) is 4.79 Å². The zero-order valence-electron chi connectivity index (χ0n) is 10.5. The molecule has 0 amide bonds. The number of Topliss-reactive ketones (excluding diaryl/α,β-unsaturated/α-hetero) is 1. The second kappa shape index (κ2) is 4.72. The van der Waals surface area contributed by atoms with Crippen molar-refractivity contribution in [3.63, 3.8) is 0 Å². The van der Waals surface area contributed by atoms with Crippen molar-refractivity contribution in [2.45, 2.75) is 12.5 Å². The van der Waals surface area contributed by atoms with Crippen LogP contribution in [0.25, 0.3) is 0 Å². The van der Waals surface area contributed by atoms with Gasteiger partial charge in [-0.3, -0.25) is 9.48 Å². The highest BCUT2D eigenvalue weighted by atomic mass is 16.5. The Morgan fingerprint density at radius 3 is 3.16 bits per heavy atom. The first kappa shape index (κ1) is 11.7. The van der Waals surface area contributed by atoms with E-state index in [1.165, 1.54) is 6.33 Å². The number of ether oxygens (including phenoxy) is 1. The van der Waals surface area contributed by atoms with Gasteiger partial charge in [0, 0.05) is 7.05 Å². The molecule has 0 saturated heterocycles. The summed E-state index contributed by atoms with van der Waals surface area (Å²) in [6.45, 7) is 0.480. The molecule has 0 fully saturated rings. The van der Waals surface area contributed by atoms with Crippen LogP contribution in [-0.4, -0.2) is 33.2 Å². The molecule has 1 aromatic carbocycles. The first-order valence-electron chi connectivity index (χ1n) is 6.09. The van der Waals surface area contributed by atoms with Gasteiger partial charge in [-0.1, -0.05) is 12.1 Å². The molecule has 0 saturated carbocycles. The summed E-state index contributed by atoms with van der Waals surface area (Å²) >= 11 is 0. The van der Waals surface area contributed by atoms with E-state index in [-0.39, 0.29) is 12.2 Å². The van der Waals surface area contributed by atoms with Gasteiger partial charge in [0.15, 0.2) is 11.9 Å². The van der Waals surface area contributed by atoms with E-state index in [2.05, 4.69) is 15.4 Å². The van der Waals surface area contributed by atoms with Crippen LogP contribution in [0.5, 0.6) is 5.75 Å². The largest absolute Gasteiger partial charge is 0.479 e. The van der Waals surface area contributed by atoms with E-state index in [4.69, 9.17) is 4.74 Å². The lowest BCUT2D eigenvalue weighted by Gasteiger charge is -2.26. The average Bonchev–Trinajstić information content (AvgIpc) is 2.84. The molecule has 0 bridgehead atoms. The maximum absolute atomic E-state index is 12.2. The SMILES string of the molecule is Cn1ncnc1CC(=O)C1CNc2ccccc2O1. The summed E-state index contributed by atoms with van der Waals surface area (Å²) in [5, 5.41) is 7.15. The Labute approximate surface area is 110 Å². The number of hydrogen-bond acceptors (Lipinski definition) is 5. The summed E-state index contributed by atoms with van der Waals surface area (Å²) in [6.07, 6.45) is 1.19.